The summed E-state index contributed by atoms with van der Waals surface area (Å²) in [6.07, 6.45) is 1.21. The zero-order valence-corrected chi connectivity index (χ0v) is 8.03. The van der Waals surface area contributed by atoms with Gasteiger partial charge in [-0.05, 0) is 0 Å². The molecule has 1 aliphatic heterocycles. The van der Waals surface area contributed by atoms with Crippen LogP contribution in [-0.4, -0.2) is 27.5 Å². The van der Waals surface area contributed by atoms with E-state index in [4.69, 9.17) is 4.74 Å². The second-order valence-corrected chi connectivity index (χ2v) is 3.35. The van der Waals surface area contributed by atoms with E-state index >= 15 is 0 Å². The van der Waals surface area contributed by atoms with Crippen molar-refractivity contribution >= 4 is 5.69 Å². The molecule has 2 rings (SSSR count). The lowest BCUT2D eigenvalue weighted by Crippen LogP contribution is -2.33. The summed E-state index contributed by atoms with van der Waals surface area (Å²) in [5, 5.41) is 21.0. The molecule has 84 valence electrons. The quantitative estimate of drug-likeness (QED) is 0.537. The highest BCUT2D eigenvalue weighted by Gasteiger charge is 2.30. The number of nitro groups is 2. The molecule has 8 heteroatoms. The number of pyridine rings is 1. The molecule has 2 heterocycles. The summed E-state index contributed by atoms with van der Waals surface area (Å²) in [4.78, 5) is 23.8. The van der Waals surface area contributed by atoms with Gasteiger partial charge in [0.2, 0.25) is 0 Å². The Morgan fingerprint density at radius 2 is 2.19 bits per heavy atom. The van der Waals surface area contributed by atoms with E-state index in [9.17, 15) is 20.2 Å². The molecule has 0 amide bonds. The molecule has 0 saturated carbocycles. The zero-order valence-electron chi connectivity index (χ0n) is 8.03. The Labute approximate surface area is 89.2 Å². The predicted octanol–water partition coefficient (Wildman–Crippen LogP) is 0.570. The van der Waals surface area contributed by atoms with Crippen LogP contribution in [0.4, 0.5) is 5.69 Å². The fourth-order valence-electron chi connectivity index (χ4n) is 1.44. The monoisotopic (exact) mass is 225 g/mol. The number of rotatable bonds is 2. The van der Waals surface area contributed by atoms with Crippen molar-refractivity contribution in [1.82, 2.24) is 4.98 Å². The predicted molar refractivity (Wildman–Crippen MR) is 50.9 cm³/mol. The summed E-state index contributed by atoms with van der Waals surface area (Å²) in [6.45, 7) is -0.0805. The van der Waals surface area contributed by atoms with Crippen molar-refractivity contribution in [3.8, 4) is 5.75 Å². The molecule has 0 fully saturated rings. The van der Waals surface area contributed by atoms with Gasteiger partial charge in [-0.1, -0.05) is 0 Å². The van der Waals surface area contributed by atoms with Gasteiger partial charge in [0.05, 0.1) is 23.1 Å². The molecule has 16 heavy (non-hydrogen) atoms. The zero-order chi connectivity index (χ0) is 11.7. The summed E-state index contributed by atoms with van der Waals surface area (Å²) < 4.78 is 5.08. The second-order valence-electron chi connectivity index (χ2n) is 3.35. The molecule has 0 spiro atoms. The lowest BCUT2D eigenvalue weighted by Gasteiger charge is -2.18. The van der Waals surface area contributed by atoms with Crippen LogP contribution in [0.2, 0.25) is 0 Å². The van der Waals surface area contributed by atoms with Gasteiger partial charge in [0.1, 0.15) is 11.9 Å². The minimum absolute atomic E-state index is 0.0805. The summed E-state index contributed by atoms with van der Waals surface area (Å²) in [6, 6.07) is 0.403. The van der Waals surface area contributed by atoms with Crippen molar-refractivity contribution in [2.45, 2.75) is 12.5 Å². The fraction of sp³-hybridized carbons (Fsp3) is 0.375. The van der Waals surface area contributed by atoms with Crippen molar-refractivity contribution in [2.24, 2.45) is 0 Å². The molecule has 0 aromatic carbocycles. The Balaban J connectivity index is 2.29. The molecule has 0 aliphatic carbocycles. The van der Waals surface area contributed by atoms with Crippen LogP contribution in [0.3, 0.4) is 0 Å². The molecule has 0 N–H and O–H groups in total. The first-order valence-electron chi connectivity index (χ1n) is 4.47. The summed E-state index contributed by atoms with van der Waals surface area (Å²) in [5.41, 5.74) is 0.205. The van der Waals surface area contributed by atoms with Crippen molar-refractivity contribution < 1.29 is 14.6 Å². The number of fused-ring (bicyclic) bond motifs is 1. The minimum atomic E-state index is -0.832. The number of aromatic nitrogens is 1. The molecule has 0 saturated heterocycles. The van der Waals surface area contributed by atoms with E-state index in [1.165, 1.54) is 6.07 Å². The fourth-order valence-corrected chi connectivity index (χ4v) is 1.44. The third kappa shape index (κ3) is 1.76. The van der Waals surface area contributed by atoms with E-state index in [1.807, 2.05) is 0 Å². The first kappa shape index (κ1) is 10.3. The van der Waals surface area contributed by atoms with Crippen LogP contribution in [-0.2, 0) is 6.42 Å². The van der Waals surface area contributed by atoms with E-state index < -0.39 is 15.9 Å². The van der Waals surface area contributed by atoms with Crippen molar-refractivity contribution in [2.75, 3.05) is 6.61 Å². The summed E-state index contributed by atoms with van der Waals surface area (Å²) in [5.74, 6) is 0.257. The van der Waals surface area contributed by atoms with Gasteiger partial charge in [-0.25, -0.2) is 4.98 Å². The highest BCUT2D eigenvalue weighted by atomic mass is 16.6. The van der Waals surface area contributed by atoms with E-state index in [0.29, 0.717) is 5.69 Å². The molecule has 1 unspecified atom stereocenters. The van der Waals surface area contributed by atoms with Gasteiger partial charge in [0, 0.05) is 4.92 Å². The molecule has 1 aliphatic rings. The maximum atomic E-state index is 10.5. The molecular weight excluding hydrogens is 218 g/mol. The van der Waals surface area contributed by atoms with Crippen molar-refractivity contribution in [3.63, 3.8) is 0 Å². The number of hydrogen-bond acceptors (Lipinski definition) is 6. The number of nitrogens with zero attached hydrogens (tertiary/aromatic N) is 3. The van der Waals surface area contributed by atoms with Crippen molar-refractivity contribution in [1.29, 1.82) is 0 Å². The molecule has 8 nitrogen and oxygen atoms in total. The van der Waals surface area contributed by atoms with Crippen molar-refractivity contribution in [3.05, 3.63) is 38.2 Å². The molecule has 0 radical (unpaired) electrons. The van der Waals surface area contributed by atoms with Crippen LogP contribution in [0.15, 0.2) is 12.3 Å². The van der Waals surface area contributed by atoms with E-state index in [2.05, 4.69) is 4.98 Å². The number of ether oxygens (including phenoxy) is 1. The highest BCUT2D eigenvalue weighted by molar-refractivity contribution is 5.40. The van der Waals surface area contributed by atoms with Gasteiger partial charge >= 0.3 is 0 Å². The van der Waals surface area contributed by atoms with E-state index in [1.54, 1.807) is 0 Å². The average molecular weight is 225 g/mol. The van der Waals surface area contributed by atoms with Gasteiger partial charge in [-0.3, -0.25) is 20.2 Å². The molecule has 1 aromatic rings. The standard InChI is InChI=1S/C8H7N3O5/c12-10(13)5-2-8-7(9-3-5)1-6(4-16-8)11(14)15/h2-3,6H,1,4H2. The average Bonchev–Trinajstić information content (AvgIpc) is 2.27. The first-order chi connectivity index (χ1) is 7.58. The van der Waals surface area contributed by atoms with Gasteiger partial charge in [0.15, 0.2) is 6.61 Å². The Morgan fingerprint density at radius 1 is 1.44 bits per heavy atom. The minimum Gasteiger partial charge on any atom is -0.484 e. The van der Waals surface area contributed by atoms with Crippen LogP contribution in [0.1, 0.15) is 5.69 Å². The molecular formula is C8H7N3O5. The Morgan fingerprint density at radius 3 is 2.81 bits per heavy atom. The van der Waals surface area contributed by atoms with Crippen LogP contribution in [0.25, 0.3) is 0 Å². The third-order valence-electron chi connectivity index (χ3n) is 2.29. The van der Waals surface area contributed by atoms with Crippen LogP contribution in [0, 0.1) is 20.2 Å². The van der Waals surface area contributed by atoms with Gasteiger partial charge < -0.3 is 4.74 Å². The molecule has 1 aromatic heterocycles. The smallest absolute Gasteiger partial charge is 0.291 e. The Bertz CT molecular complexity index is 461. The maximum absolute atomic E-state index is 10.5. The van der Waals surface area contributed by atoms with E-state index in [-0.39, 0.29) is 24.5 Å². The van der Waals surface area contributed by atoms with Crippen LogP contribution < -0.4 is 4.74 Å². The van der Waals surface area contributed by atoms with Crippen LogP contribution >= 0.6 is 0 Å². The third-order valence-corrected chi connectivity index (χ3v) is 2.29. The van der Waals surface area contributed by atoms with Crippen LogP contribution in [0.5, 0.6) is 5.75 Å². The first-order valence-corrected chi connectivity index (χ1v) is 4.47. The normalized spacial score (nSPS) is 18.4. The lowest BCUT2D eigenvalue weighted by atomic mass is 10.1. The number of hydrogen-bond donors (Lipinski definition) is 0. The van der Waals surface area contributed by atoms with Gasteiger partial charge in [-0.15, -0.1) is 0 Å². The van der Waals surface area contributed by atoms with Gasteiger partial charge in [0.25, 0.3) is 11.7 Å². The van der Waals surface area contributed by atoms with E-state index in [0.717, 1.165) is 6.20 Å². The molecule has 1 atom stereocenters. The summed E-state index contributed by atoms with van der Waals surface area (Å²) >= 11 is 0. The second kappa shape index (κ2) is 3.72. The molecule has 0 bridgehead atoms. The highest BCUT2D eigenvalue weighted by Crippen LogP contribution is 2.27. The Kier molecular flexibility index (Phi) is 2.39. The maximum Gasteiger partial charge on any atom is 0.291 e. The van der Waals surface area contributed by atoms with Gasteiger partial charge in [-0.2, -0.15) is 0 Å². The lowest BCUT2D eigenvalue weighted by molar-refractivity contribution is -0.525. The largest absolute Gasteiger partial charge is 0.484 e. The summed E-state index contributed by atoms with van der Waals surface area (Å²) in [7, 11) is 0. The Hall–Kier alpha value is -2.25. The SMILES string of the molecule is O=[N+]([O-])c1cnc2c(c1)OCC([N+](=O)[O-])C2. The topological polar surface area (TPSA) is 108 Å².